The van der Waals surface area contributed by atoms with E-state index >= 15 is 0 Å². The van der Waals surface area contributed by atoms with E-state index in [9.17, 15) is 9.50 Å². The quantitative estimate of drug-likeness (QED) is 0.714. The van der Waals surface area contributed by atoms with Gasteiger partial charge in [-0.2, -0.15) is 0 Å². The first-order valence-electron chi connectivity index (χ1n) is 8.82. The molecule has 1 unspecified atom stereocenters. The molecule has 0 saturated carbocycles. The molecule has 156 valence electrons. The van der Waals surface area contributed by atoms with E-state index in [0.29, 0.717) is 23.0 Å². The highest BCUT2D eigenvalue weighted by Crippen LogP contribution is 2.22. The molecular weight excluding hydrogens is 426 g/mol. The summed E-state index contributed by atoms with van der Waals surface area (Å²) in [5, 5.41) is 10.9. The third-order valence-corrected chi connectivity index (χ3v) is 5.03. The average molecular weight is 452 g/mol. The van der Waals surface area contributed by atoms with Crippen LogP contribution >= 0.6 is 36.4 Å². The number of β-amino-alcohol motifs (C(OH)–C–C–N with tert-alkyl or cyclic N) is 1. The van der Waals surface area contributed by atoms with E-state index in [4.69, 9.17) is 16.3 Å². The first kappa shape index (κ1) is 24.8. The lowest BCUT2D eigenvalue weighted by Crippen LogP contribution is -2.49. The minimum atomic E-state index is -0.578. The third kappa shape index (κ3) is 6.68. The number of anilines is 1. The maximum atomic E-state index is 13.9. The number of aryl methyl sites for hydroxylation is 1. The van der Waals surface area contributed by atoms with Gasteiger partial charge in [0.05, 0.1) is 5.69 Å². The molecule has 0 bridgehead atoms. The predicted octanol–water partition coefficient (Wildman–Crippen LogP) is 4.19. The van der Waals surface area contributed by atoms with Gasteiger partial charge in [0.2, 0.25) is 0 Å². The van der Waals surface area contributed by atoms with Gasteiger partial charge in [-0.05, 0) is 42.8 Å². The zero-order chi connectivity index (χ0) is 18.5. The third-order valence-electron chi connectivity index (χ3n) is 4.61. The predicted molar refractivity (Wildman–Crippen MR) is 117 cm³/mol. The van der Waals surface area contributed by atoms with Gasteiger partial charge in [0.15, 0.2) is 0 Å². The number of halogens is 4. The second-order valence-electron chi connectivity index (χ2n) is 6.61. The number of hydrogen-bond acceptors (Lipinski definition) is 4. The van der Waals surface area contributed by atoms with Crippen LogP contribution in [-0.4, -0.2) is 55.4 Å². The molecule has 1 N–H and O–H groups in total. The molecular formula is C20H26Cl3FN2O2. The van der Waals surface area contributed by atoms with Gasteiger partial charge in [-0.1, -0.05) is 23.7 Å². The summed E-state index contributed by atoms with van der Waals surface area (Å²) in [7, 11) is 0. The first-order chi connectivity index (χ1) is 12.5. The van der Waals surface area contributed by atoms with Crippen molar-refractivity contribution in [1.29, 1.82) is 0 Å². The van der Waals surface area contributed by atoms with Gasteiger partial charge < -0.3 is 14.7 Å². The first-order valence-corrected chi connectivity index (χ1v) is 9.19. The van der Waals surface area contributed by atoms with Gasteiger partial charge in [-0.3, -0.25) is 4.90 Å². The molecule has 0 aromatic heterocycles. The van der Waals surface area contributed by atoms with Crippen molar-refractivity contribution < 1.29 is 14.2 Å². The topological polar surface area (TPSA) is 35.9 Å². The van der Waals surface area contributed by atoms with Crippen molar-refractivity contribution >= 4 is 42.1 Å². The Bertz CT molecular complexity index is 743. The van der Waals surface area contributed by atoms with E-state index in [1.165, 1.54) is 6.07 Å². The minimum Gasteiger partial charge on any atom is -0.491 e. The number of para-hydroxylation sites is 1. The van der Waals surface area contributed by atoms with E-state index in [2.05, 4.69) is 4.90 Å². The number of hydrogen-bond donors (Lipinski definition) is 1. The van der Waals surface area contributed by atoms with E-state index in [1.807, 2.05) is 30.0 Å². The van der Waals surface area contributed by atoms with Crippen LogP contribution in [0.5, 0.6) is 5.75 Å². The van der Waals surface area contributed by atoms with Crippen molar-refractivity contribution in [3.05, 3.63) is 58.9 Å². The molecule has 28 heavy (non-hydrogen) atoms. The summed E-state index contributed by atoms with van der Waals surface area (Å²) in [6.45, 7) is 5.74. The highest BCUT2D eigenvalue weighted by atomic mass is 35.5. The van der Waals surface area contributed by atoms with Crippen LogP contribution in [0.2, 0.25) is 5.02 Å². The summed E-state index contributed by atoms with van der Waals surface area (Å²) in [6, 6.07) is 12.3. The summed E-state index contributed by atoms with van der Waals surface area (Å²) in [5.41, 5.74) is 1.59. The monoisotopic (exact) mass is 450 g/mol. The fourth-order valence-corrected chi connectivity index (χ4v) is 3.25. The normalized spacial score (nSPS) is 15.4. The lowest BCUT2D eigenvalue weighted by Gasteiger charge is -2.36. The smallest absolute Gasteiger partial charge is 0.146 e. The number of nitrogens with zero attached hydrogens (tertiary/aromatic N) is 2. The summed E-state index contributed by atoms with van der Waals surface area (Å²) >= 11 is 6.00. The van der Waals surface area contributed by atoms with Crippen molar-refractivity contribution in [1.82, 2.24) is 4.90 Å². The lowest BCUT2D eigenvalue weighted by atomic mass is 10.2. The van der Waals surface area contributed by atoms with Crippen LogP contribution in [0.3, 0.4) is 0 Å². The van der Waals surface area contributed by atoms with Gasteiger partial charge in [-0.15, -0.1) is 24.8 Å². The van der Waals surface area contributed by atoms with Crippen molar-refractivity contribution in [3.63, 3.8) is 0 Å². The fourth-order valence-electron chi connectivity index (χ4n) is 3.13. The van der Waals surface area contributed by atoms with Crippen LogP contribution in [0.4, 0.5) is 10.1 Å². The Labute approximate surface area is 183 Å². The highest BCUT2D eigenvalue weighted by Gasteiger charge is 2.21. The van der Waals surface area contributed by atoms with Gasteiger partial charge in [0.25, 0.3) is 0 Å². The van der Waals surface area contributed by atoms with Crippen molar-refractivity contribution in [2.45, 2.75) is 13.0 Å². The molecule has 0 spiro atoms. The van der Waals surface area contributed by atoms with Crippen molar-refractivity contribution in [3.8, 4) is 5.75 Å². The van der Waals surface area contributed by atoms with Crippen LogP contribution in [0.25, 0.3) is 0 Å². The van der Waals surface area contributed by atoms with Gasteiger partial charge in [0.1, 0.15) is 24.3 Å². The van der Waals surface area contributed by atoms with Gasteiger partial charge >= 0.3 is 0 Å². The molecule has 1 fully saturated rings. The summed E-state index contributed by atoms with van der Waals surface area (Å²) in [4.78, 5) is 4.23. The molecule has 0 amide bonds. The number of aliphatic hydroxyl groups excluding tert-OH is 1. The standard InChI is InChI=1S/C20H24ClFN2O2.2ClH/c1-15-12-17(6-7-18(15)21)26-14-16(25)13-23-8-10-24(11-9-23)20-5-3-2-4-19(20)22;;/h2-7,12,16,25H,8-11,13-14H2,1H3;2*1H. The number of benzene rings is 2. The SMILES string of the molecule is Cc1cc(OCC(O)CN2CCN(c3ccccc3F)CC2)ccc1Cl.Cl.Cl. The lowest BCUT2D eigenvalue weighted by molar-refractivity contribution is 0.0662. The minimum absolute atomic E-state index is 0. The number of piperazine rings is 1. The Morgan fingerprint density at radius 2 is 1.79 bits per heavy atom. The molecule has 4 nitrogen and oxygen atoms in total. The summed E-state index contributed by atoms with van der Waals surface area (Å²) < 4.78 is 19.5. The number of rotatable bonds is 6. The summed E-state index contributed by atoms with van der Waals surface area (Å²) in [5.74, 6) is 0.517. The van der Waals surface area contributed by atoms with Crippen molar-refractivity contribution in [2.75, 3.05) is 44.2 Å². The van der Waals surface area contributed by atoms with E-state index in [1.54, 1.807) is 18.2 Å². The largest absolute Gasteiger partial charge is 0.491 e. The van der Waals surface area contributed by atoms with E-state index in [-0.39, 0.29) is 37.2 Å². The van der Waals surface area contributed by atoms with Gasteiger partial charge in [-0.25, -0.2) is 4.39 Å². The zero-order valence-electron chi connectivity index (χ0n) is 15.7. The zero-order valence-corrected chi connectivity index (χ0v) is 18.1. The molecule has 0 aliphatic carbocycles. The molecule has 1 heterocycles. The summed E-state index contributed by atoms with van der Waals surface area (Å²) in [6.07, 6.45) is -0.578. The van der Waals surface area contributed by atoms with E-state index < -0.39 is 6.10 Å². The number of aliphatic hydroxyl groups is 1. The van der Waals surface area contributed by atoms with Crippen LogP contribution in [0.15, 0.2) is 42.5 Å². The van der Waals surface area contributed by atoms with Crippen LogP contribution in [-0.2, 0) is 0 Å². The molecule has 1 saturated heterocycles. The Balaban J connectivity index is 0.00000196. The molecule has 1 aliphatic heterocycles. The molecule has 0 radical (unpaired) electrons. The van der Waals surface area contributed by atoms with Crippen LogP contribution in [0.1, 0.15) is 5.56 Å². The van der Waals surface area contributed by atoms with Crippen LogP contribution in [0, 0.1) is 12.7 Å². The average Bonchev–Trinajstić information content (AvgIpc) is 2.64. The molecule has 1 aliphatic rings. The van der Waals surface area contributed by atoms with Crippen LogP contribution < -0.4 is 9.64 Å². The Hall–Kier alpha value is -1.24. The Morgan fingerprint density at radius 3 is 2.43 bits per heavy atom. The maximum Gasteiger partial charge on any atom is 0.146 e. The molecule has 1 atom stereocenters. The van der Waals surface area contributed by atoms with Crippen molar-refractivity contribution in [2.24, 2.45) is 0 Å². The second-order valence-corrected chi connectivity index (χ2v) is 7.02. The van der Waals surface area contributed by atoms with Gasteiger partial charge in [0, 0.05) is 37.7 Å². The molecule has 8 heteroatoms. The number of ether oxygens (including phenoxy) is 1. The maximum absolute atomic E-state index is 13.9. The molecule has 2 aromatic rings. The fraction of sp³-hybridized carbons (Fsp3) is 0.400. The van der Waals surface area contributed by atoms with E-state index in [0.717, 1.165) is 31.7 Å². The highest BCUT2D eigenvalue weighted by molar-refractivity contribution is 6.31. The Morgan fingerprint density at radius 1 is 1.11 bits per heavy atom. The Kier molecular flexibility index (Phi) is 10.4. The molecule has 3 rings (SSSR count). The molecule has 2 aromatic carbocycles. The second kappa shape index (κ2) is 11.7.